The van der Waals surface area contributed by atoms with Crippen LogP contribution in [0, 0.1) is 0 Å². The molecule has 1 rings (SSSR count). The van der Waals surface area contributed by atoms with Gasteiger partial charge >= 0.3 is 0 Å². The minimum Gasteiger partial charge on any atom is -0.508 e. The van der Waals surface area contributed by atoms with E-state index >= 15 is 0 Å². The number of aliphatic hydroxyl groups excluding tert-OH is 1. The zero-order chi connectivity index (χ0) is 9.68. The van der Waals surface area contributed by atoms with Crippen LogP contribution in [-0.2, 0) is 6.42 Å². The van der Waals surface area contributed by atoms with Gasteiger partial charge in [-0.25, -0.2) is 0 Å². The van der Waals surface area contributed by atoms with Gasteiger partial charge in [-0.15, -0.1) is 0 Å². The fourth-order valence-corrected chi connectivity index (χ4v) is 1.37. The zero-order valence-electron chi connectivity index (χ0n) is 7.90. The largest absolute Gasteiger partial charge is 0.508 e. The summed E-state index contributed by atoms with van der Waals surface area (Å²) >= 11 is 0. The summed E-state index contributed by atoms with van der Waals surface area (Å²) in [4.78, 5) is 0. The van der Waals surface area contributed by atoms with Crippen LogP contribution in [0.25, 0.3) is 0 Å². The Bertz CT molecular complexity index is 258. The van der Waals surface area contributed by atoms with Crippen molar-refractivity contribution < 1.29 is 10.2 Å². The average Bonchev–Trinajstić information content (AvgIpc) is 2.09. The fraction of sp³-hybridized carbons (Fsp3) is 0.455. The van der Waals surface area contributed by atoms with E-state index in [-0.39, 0.29) is 11.9 Å². The molecule has 0 bridgehead atoms. The molecule has 0 saturated heterocycles. The molecular weight excluding hydrogens is 164 g/mol. The molecule has 13 heavy (non-hydrogen) atoms. The smallest absolute Gasteiger partial charge is 0.118 e. The van der Waals surface area contributed by atoms with Crippen LogP contribution in [-0.4, -0.2) is 16.3 Å². The summed E-state index contributed by atoms with van der Waals surface area (Å²) in [6.45, 7) is 2.04. The molecule has 0 aromatic heterocycles. The monoisotopic (exact) mass is 180 g/mol. The summed E-state index contributed by atoms with van der Waals surface area (Å²) in [5.74, 6) is 0.276. The quantitative estimate of drug-likeness (QED) is 0.745. The Morgan fingerprint density at radius 2 is 2.00 bits per heavy atom. The first-order valence-electron chi connectivity index (χ1n) is 4.69. The number of benzene rings is 1. The molecule has 0 heterocycles. The van der Waals surface area contributed by atoms with Crippen molar-refractivity contribution in [2.24, 2.45) is 0 Å². The van der Waals surface area contributed by atoms with E-state index in [1.54, 1.807) is 12.1 Å². The van der Waals surface area contributed by atoms with Crippen molar-refractivity contribution in [2.75, 3.05) is 0 Å². The van der Waals surface area contributed by atoms with Crippen LogP contribution >= 0.6 is 0 Å². The van der Waals surface area contributed by atoms with Crippen molar-refractivity contribution in [3.05, 3.63) is 29.8 Å². The molecule has 0 amide bonds. The molecule has 0 aliphatic rings. The number of phenolic OH excluding ortho intramolecular Hbond substituents is 1. The van der Waals surface area contributed by atoms with Crippen molar-refractivity contribution in [1.29, 1.82) is 0 Å². The Kier molecular flexibility index (Phi) is 3.77. The van der Waals surface area contributed by atoms with Gasteiger partial charge in [-0.05, 0) is 18.1 Å². The highest BCUT2D eigenvalue weighted by atomic mass is 16.3. The second-order valence-electron chi connectivity index (χ2n) is 3.28. The summed E-state index contributed by atoms with van der Waals surface area (Å²) in [7, 11) is 0. The van der Waals surface area contributed by atoms with E-state index in [1.807, 2.05) is 19.1 Å². The highest BCUT2D eigenvalue weighted by Crippen LogP contribution is 2.18. The van der Waals surface area contributed by atoms with Crippen LogP contribution in [0.3, 0.4) is 0 Å². The van der Waals surface area contributed by atoms with Crippen LogP contribution in [0.1, 0.15) is 25.3 Å². The number of aliphatic hydroxyl groups is 1. The lowest BCUT2D eigenvalue weighted by Gasteiger charge is -2.09. The topological polar surface area (TPSA) is 40.5 Å². The summed E-state index contributed by atoms with van der Waals surface area (Å²) in [5.41, 5.74) is 0.823. The maximum absolute atomic E-state index is 9.52. The SMILES string of the molecule is CCCC(O)Cc1ccccc1O. The predicted octanol–water partition coefficient (Wildman–Crippen LogP) is 2.10. The number of rotatable bonds is 4. The predicted molar refractivity (Wildman–Crippen MR) is 52.7 cm³/mol. The standard InChI is InChI=1S/C11H16O2/c1-2-5-10(12)8-9-6-3-4-7-11(9)13/h3-4,6-7,10,12-13H,2,5,8H2,1H3. The van der Waals surface area contributed by atoms with Crippen molar-refractivity contribution >= 4 is 0 Å². The molecule has 0 aliphatic carbocycles. The second kappa shape index (κ2) is 4.87. The summed E-state index contributed by atoms with van der Waals surface area (Å²) in [5, 5.41) is 18.9. The van der Waals surface area contributed by atoms with Crippen molar-refractivity contribution in [1.82, 2.24) is 0 Å². The Hall–Kier alpha value is -1.02. The van der Waals surface area contributed by atoms with Gasteiger partial charge in [0, 0.05) is 6.42 Å². The summed E-state index contributed by atoms with van der Waals surface area (Å²) in [6, 6.07) is 7.14. The van der Waals surface area contributed by atoms with E-state index in [9.17, 15) is 10.2 Å². The lowest BCUT2D eigenvalue weighted by Crippen LogP contribution is -2.09. The molecule has 0 spiro atoms. The van der Waals surface area contributed by atoms with Gasteiger partial charge in [0.05, 0.1) is 6.10 Å². The third-order valence-electron chi connectivity index (χ3n) is 2.07. The molecule has 72 valence electrons. The molecule has 2 nitrogen and oxygen atoms in total. The Morgan fingerprint density at radius 1 is 1.31 bits per heavy atom. The maximum atomic E-state index is 9.52. The first-order chi connectivity index (χ1) is 6.24. The fourth-order valence-electron chi connectivity index (χ4n) is 1.37. The number of para-hydroxylation sites is 1. The van der Waals surface area contributed by atoms with E-state index in [2.05, 4.69) is 0 Å². The molecule has 1 aromatic rings. The van der Waals surface area contributed by atoms with Gasteiger partial charge < -0.3 is 10.2 Å². The Morgan fingerprint density at radius 3 is 2.62 bits per heavy atom. The normalized spacial score (nSPS) is 12.8. The molecule has 1 atom stereocenters. The molecule has 0 aliphatic heterocycles. The zero-order valence-corrected chi connectivity index (χ0v) is 7.90. The molecule has 2 N–H and O–H groups in total. The van der Waals surface area contributed by atoms with Gasteiger partial charge in [-0.1, -0.05) is 31.5 Å². The molecule has 2 heteroatoms. The molecular formula is C11H16O2. The van der Waals surface area contributed by atoms with Crippen molar-refractivity contribution in [2.45, 2.75) is 32.3 Å². The van der Waals surface area contributed by atoms with E-state index in [0.29, 0.717) is 6.42 Å². The van der Waals surface area contributed by atoms with Crippen LogP contribution < -0.4 is 0 Å². The van der Waals surface area contributed by atoms with Gasteiger partial charge in [0.2, 0.25) is 0 Å². The van der Waals surface area contributed by atoms with Gasteiger partial charge in [0.15, 0.2) is 0 Å². The number of aromatic hydroxyl groups is 1. The minimum atomic E-state index is -0.335. The van der Waals surface area contributed by atoms with E-state index in [4.69, 9.17) is 0 Å². The van der Waals surface area contributed by atoms with Crippen molar-refractivity contribution in [3.8, 4) is 5.75 Å². The first kappa shape index (κ1) is 10.1. The van der Waals surface area contributed by atoms with Crippen LogP contribution in [0.15, 0.2) is 24.3 Å². The third-order valence-corrected chi connectivity index (χ3v) is 2.07. The maximum Gasteiger partial charge on any atom is 0.118 e. The van der Waals surface area contributed by atoms with Gasteiger partial charge in [-0.3, -0.25) is 0 Å². The second-order valence-corrected chi connectivity index (χ2v) is 3.28. The third kappa shape index (κ3) is 3.07. The molecule has 0 radical (unpaired) electrons. The highest BCUT2D eigenvalue weighted by Gasteiger charge is 2.06. The lowest BCUT2D eigenvalue weighted by molar-refractivity contribution is 0.163. The number of hydrogen-bond acceptors (Lipinski definition) is 2. The number of hydrogen-bond donors (Lipinski definition) is 2. The van der Waals surface area contributed by atoms with Crippen molar-refractivity contribution in [3.63, 3.8) is 0 Å². The minimum absolute atomic E-state index is 0.276. The van der Waals surface area contributed by atoms with Crippen LogP contribution in [0.2, 0.25) is 0 Å². The van der Waals surface area contributed by atoms with E-state index in [1.165, 1.54) is 0 Å². The van der Waals surface area contributed by atoms with Crippen LogP contribution in [0.4, 0.5) is 0 Å². The van der Waals surface area contributed by atoms with Gasteiger partial charge in [0.1, 0.15) is 5.75 Å². The first-order valence-corrected chi connectivity index (χ1v) is 4.69. The van der Waals surface area contributed by atoms with Gasteiger partial charge in [-0.2, -0.15) is 0 Å². The highest BCUT2D eigenvalue weighted by molar-refractivity contribution is 5.32. The summed E-state index contributed by atoms with van der Waals surface area (Å²) < 4.78 is 0. The Balaban J connectivity index is 2.58. The Labute approximate surface area is 78.8 Å². The lowest BCUT2D eigenvalue weighted by atomic mass is 10.0. The molecule has 0 saturated carbocycles. The molecule has 1 unspecified atom stereocenters. The van der Waals surface area contributed by atoms with Gasteiger partial charge in [0.25, 0.3) is 0 Å². The number of phenols is 1. The average molecular weight is 180 g/mol. The van der Waals surface area contributed by atoms with E-state index < -0.39 is 0 Å². The van der Waals surface area contributed by atoms with E-state index in [0.717, 1.165) is 18.4 Å². The van der Waals surface area contributed by atoms with Crippen LogP contribution in [0.5, 0.6) is 5.75 Å². The molecule has 0 fully saturated rings. The molecule has 1 aromatic carbocycles. The summed E-state index contributed by atoms with van der Waals surface area (Å²) in [6.07, 6.45) is 1.96.